The molecule has 0 spiro atoms. The summed E-state index contributed by atoms with van der Waals surface area (Å²) in [4.78, 5) is 17.2. The van der Waals surface area contributed by atoms with Crippen LogP contribution in [0.3, 0.4) is 0 Å². The van der Waals surface area contributed by atoms with Gasteiger partial charge in [0.25, 0.3) is 0 Å². The lowest BCUT2D eigenvalue weighted by Crippen LogP contribution is -2.48. The van der Waals surface area contributed by atoms with E-state index in [2.05, 4.69) is 24.0 Å². The summed E-state index contributed by atoms with van der Waals surface area (Å²) >= 11 is 0. The highest BCUT2D eigenvalue weighted by Gasteiger charge is 2.65. The van der Waals surface area contributed by atoms with Crippen molar-refractivity contribution < 1.29 is 22.1 Å². The number of fused-ring (bicyclic) bond motifs is 2. The topological polar surface area (TPSA) is 93.4 Å². The predicted octanol–water partition coefficient (Wildman–Crippen LogP) is 3.78. The number of rotatable bonds is 5. The first-order chi connectivity index (χ1) is 15.1. The molecule has 5 rings (SSSR count). The van der Waals surface area contributed by atoms with Gasteiger partial charge in [-0.2, -0.15) is 4.98 Å². The molecule has 2 bridgehead atoms. The Bertz CT molecular complexity index is 1140. The maximum Gasteiger partial charge on any atom is 0.230 e. The van der Waals surface area contributed by atoms with Gasteiger partial charge < -0.3 is 4.52 Å². The number of aromatic nitrogens is 2. The van der Waals surface area contributed by atoms with Crippen LogP contribution in [0.1, 0.15) is 57.8 Å². The van der Waals surface area contributed by atoms with Crippen molar-refractivity contribution in [3.8, 4) is 11.4 Å². The summed E-state index contributed by atoms with van der Waals surface area (Å²) in [5, 5.41) is 4.00. The van der Waals surface area contributed by atoms with Gasteiger partial charge in [-0.05, 0) is 61.3 Å². The highest BCUT2D eigenvalue weighted by Crippen LogP contribution is 2.64. The number of ketones is 1. The van der Waals surface area contributed by atoms with Gasteiger partial charge in [-0.25, -0.2) is 17.1 Å². The standard InChI is InChI=1S/C23H28FN3O4S/c1-22(2)17-7-10-23(22,19(28)13-17)14-32(29,30)27-11-8-16(9-12-27)21-25-20(26-31-21)15-3-5-18(24)6-4-15/h3-6,16-17H,7-14H2,1-2H3/t17-,23+/m1/s1. The molecule has 2 atom stereocenters. The minimum Gasteiger partial charge on any atom is -0.339 e. The number of piperidine rings is 1. The van der Waals surface area contributed by atoms with E-state index in [4.69, 9.17) is 4.52 Å². The molecule has 0 amide bonds. The van der Waals surface area contributed by atoms with E-state index in [9.17, 15) is 17.6 Å². The number of benzene rings is 1. The lowest BCUT2D eigenvalue weighted by Gasteiger charge is -2.38. The lowest BCUT2D eigenvalue weighted by atomic mass is 9.70. The van der Waals surface area contributed by atoms with Crippen LogP contribution in [-0.4, -0.2) is 47.5 Å². The van der Waals surface area contributed by atoms with Crippen molar-refractivity contribution in [3.63, 3.8) is 0 Å². The summed E-state index contributed by atoms with van der Waals surface area (Å²) in [6, 6.07) is 5.88. The number of Topliss-reactive ketones (excluding diaryl/α,β-unsaturated/α-hetero) is 1. The van der Waals surface area contributed by atoms with Gasteiger partial charge in [-0.3, -0.25) is 4.79 Å². The molecule has 2 heterocycles. The number of nitrogens with zero attached hydrogens (tertiary/aromatic N) is 3. The molecule has 1 aliphatic heterocycles. The molecule has 1 aromatic heterocycles. The summed E-state index contributed by atoms with van der Waals surface area (Å²) in [5.74, 6) is 0.850. The van der Waals surface area contributed by atoms with Gasteiger partial charge in [0.15, 0.2) is 0 Å². The fourth-order valence-corrected chi connectivity index (χ4v) is 8.26. The average molecular weight is 462 g/mol. The fraction of sp³-hybridized carbons (Fsp3) is 0.609. The van der Waals surface area contributed by atoms with Gasteiger partial charge in [0.1, 0.15) is 11.6 Å². The number of carbonyl (C=O) groups is 1. The minimum atomic E-state index is -3.55. The maximum absolute atomic E-state index is 13.3. The molecule has 7 nitrogen and oxygen atoms in total. The van der Waals surface area contributed by atoms with Gasteiger partial charge >= 0.3 is 0 Å². The first-order valence-electron chi connectivity index (χ1n) is 11.2. The molecule has 0 unspecified atom stereocenters. The third-order valence-corrected chi connectivity index (χ3v) is 10.3. The van der Waals surface area contributed by atoms with Gasteiger partial charge in [0.2, 0.25) is 21.7 Å². The van der Waals surface area contributed by atoms with Crippen molar-refractivity contribution >= 4 is 15.8 Å². The van der Waals surface area contributed by atoms with E-state index in [1.807, 2.05) is 0 Å². The summed E-state index contributed by atoms with van der Waals surface area (Å²) in [5.41, 5.74) is -0.348. The Hall–Kier alpha value is -2.13. The average Bonchev–Trinajstić information content (AvgIpc) is 3.38. The molecule has 3 aliphatic rings. The van der Waals surface area contributed by atoms with Crippen molar-refractivity contribution in [2.45, 2.75) is 51.9 Å². The molecular formula is C23H28FN3O4S. The van der Waals surface area contributed by atoms with Crippen molar-refractivity contribution in [3.05, 3.63) is 36.0 Å². The SMILES string of the molecule is CC1(C)[C@@H]2CC[C@]1(CS(=O)(=O)N1CCC(c3nc(-c4ccc(F)cc4)no3)CC1)C(=O)C2. The molecule has 3 fully saturated rings. The second kappa shape index (κ2) is 7.45. The minimum absolute atomic E-state index is 0.0262. The highest BCUT2D eigenvalue weighted by atomic mass is 32.2. The van der Waals surface area contributed by atoms with Crippen molar-refractivity contribution in [2.75, 3.05) is 18.8 Å². The zero-order valence-electron chi connectivity index (χ0n) is 18.4. The maximum atomic E-state index is 13.3. The first-order valence-corrected chi connectivity index (χ1v) is 12.8. The zero-order chi connectivity index (χ0) is 22.7. The van der Waals surface area contributed by atoms with E-state index in [1.54, 1.807) is 12.1 Å². The smallest absolute Gasteiger partial charge is 0.230 e. The van der Waals surface area contributed by atoms with E-state index in [0.717, 1.165) is 6.42 Å². The van der Waals surface area contributed by atoms with Crippen LogP contribution in [-0.2, 0) is 14.8 Å². The van der Waals surface area contributed by atoms with Gasteiger partial charge in [-0.1, -0.05) is 19.0 Å². The molecular weight excluding hydrogens is 433 g/mol. The second-order valence-corrected chi connectivity index (χ2v) is 12.0. The highest BCUT2D eigenvalue weighted by molar-refractivity contribution is 7.89. The largest absolute Gasteiger partial charge is 0.339 e. The number of sulfonamides is 1. The van der Waals surface area contributed by atoms with Crippen LogP contribution in [0.4, 0.5) is 4.39 Å². The third-order valence-electron chi connectivity index (χ3n) is 8.31. The first kappa shape index (κ1) is 21.7. The summed E-state index contributed by atoms with van der Waals surface area (Å²) < 4.78 is 46.7. The molecule has 1 aromatic carbocycles. The Morgan fingerprint density at radius 3 is 2.44 bits per heavy atom. The fourth-order valence-electron chi connectivity index (χ4n) is 6.01. The molecule has 2 aliphatic carbocycles. The molecule has 32 heavy (non-hydrogen) atoms. The Balaban J connectivity index is 1.26. The third kappa shape index (κ3) is 3.32. The van der Waals surface area contributed by atoms with Crippen molar-refractivity contribution in [2.24, 2.45) is 16.7 Å². The second-order valence-electron chi connectivity index (χ2n) is 10.1. The van der Waals surface area contributed by atoms with Crippen LogP contribution in [0.15, 0.2) is 28.8 Å². The molecule has 9 heteroatoms. The molecule has 2 aromatic rings. The normalized spacial score (nSPS) is 28.5. The van der Waals surface area contributed by atoms with Gasteiger partial charge in [0.05, 0.1) is 5.75 Å². The van der Waals surface area contributed by atoms with Crippen LogP contribution in [0.25, 0.3) is 11.4 Å². The summed E-state index contributed by atoms with van der Waals surface area (Å²) in [6.45, 7) is 4.86. The Kier molecular flexibility index (Phi) is 5.05. The number of carbonyl (C=O) groups excluding carboxylic acids is 1. The predicted molar refractivity (Wildman–Crippen MR) is 116 cm³/mol. The molecule has 2 saturated carbocycles. The Morgan fingerprint density at radius 1 is 1.16 bits per heavy atom. The van der Waals surface area contributed by atoms with E-state index in [0.29, 0.717) is 62.0 Å². The summed E-state index contributed by atoms with van der Waals surface area (Å²) in [6.07, 6.45) is 3.28. The number of hydrogen-bond acceptors (Lipinski definition) is 6. The number of hydrogen-bond donors (Lipinski definition) is 0. The van der Waals surface area contributed by atoms with E-state index < -0.39 is 15.4 Å². The monoisotopic (exact) mass is 461 g/mol. The summed E-state index contributed by atoms with van der Waals surface area (Å²) in [7, 11) is -3.55. The van der Waals surface area contributed by atoms with E-state index in [1.165, 1.54) is 16.4 Å². The quantitative estimate of drug-likeness (QED) is 0.673. The van der Waals surface area contributed by atoms with Crippen LogP contribution in [0.2, 0.25) is 0 Å². The van der Waals surface area contributed by atoms with Crippen LogP contribution >= 0.6 is 0 Å². The number of halogens is 1. The Morgan fingerprint density at radius 2 is 1.84 bits per heavy atom. The van der Waals surface area contributed by atoms with E-state index >= 15 is 0 Å². The zero-order valence-corrected chi connectivity index (χ0v) is 19.2. The lowest BCUT2D eigenvalue weighted by molar-refractivity contribution is -0.128. The van der Waals surface area contributed by atoms with Crippen molar-refractivity contribution in [1.82, 2.24) is 14.4 Å². The molecule has 1 saturated heterocycles. The molecule has 0 radical (unpaired) electrons. The van der Waals surface area contributed by atoms with Gasteiger partial charge in [0, 0.05) is 36.4 Å². The van der Waals surface area contributed by atoms with E-state index in [-0.39, 0.29) is 28.7 Å². The van der Waals surface area contributed by atoms with Crippen molar-refractivity contribution in [1.29, 1.82) is 0 Å². The van der Waals surface area contributed by atoms with Gasteiger partial charge in [-0.15, -0.1) is 0 Å². The van der Waals surface area contributed by atoms with Crippen LogP contribution in [0.5, 0.6) is 0 Å². The molecule has 172 valence electrons. The molecule has 0 N–H and O–H groups in total. The Labute approximate surface area is 187 Å². The van der Waals surface area contributed by atoms with Crippen LogP contribution in [0, 0.1) is 22.6 Å². The van der Waals surface area contributed by atoms with Crippen LogP contribution < -0.4 is 0 Å².